The molecule has 0 aliphatic heterocycles. The Labute approximate surface area is 432 Å². The molecule has 0 spiro atoms. The first-order valence-electron chi connectivity index (χ1n) is 26.3. The second kappa shape index (κ2) is 26.8. The van der Waals surface area contributed by atoms with E-state index in [2.05, 4.69) is 173 Å². The van der Waals surface area contributed by atoms with Gasteiger partial charge >= 0.3 is 37.9 Å². The molecule has 0 saturated heterocycles. The SMILES string of the molecule is CCCC1(Cc2cc3c(-c4ccc5ccccc5c4)cccc3[cH-]2)CCCCCCC1.CCCC1(Cc2cc3c(-c4ccc5ccccc5c4)cccc3[cH-]2)CCCCCCC1.C[Si]C.[Cl][Zr+2][Cl]. The minimum atomic E-state index is -0.826. The fourth-order valence-electron chi connectivity index (χ4n) is 12.3. The summed E-state index contributed by atoms with van der Waals surface area (Å²) in [5.41, 5.74) is 9.54. The molecule has 0 amide bonds. The molecule has 0 bridgehead atoms. The van der Waals surface area contributed by atoms with Gasteiger partial charge in [0.1, 0.15) is 0 Å². The standard InChI is InChI=1S/2C31H35.C2H6Si.2ClH.Zr/c2*1-2-17-31(18-8-4-3-5-9-19-31)23-24-20-27-13-10-14-29(30(27)21-24)28-16-15-25-11-6-7-12-26(25)22-28;1-3-2;;;/h2*6-7,10-16,20-22H,2-5,8-9,17-19,23H2,1H3;1-2H3;2*1H;/q2*-1;;;;+4/p-2. The molecule has 0 heterocycles. The predicted octanol–water partition coefficient (Wildman–Crippen LogP) is 21.1. The molecule has 10 rings (SSSR count). The molecule has 0 aromatic heterocycles. The van der Waals surface area contributed by atoms with Gasteiger partial charge in [0.25, 0.3) is 0 Å². The van der Waals surface area contributed by atoms with Gasteiger partial charge in [-0.05, 0) is 107 Å². The van der Waals surface area contributed by atoms with Gasteiger partial charge in [0.05, 0.1) is 0 Å². The number of halogens is 2. The van der Waals surface area contributed by atoms with Crippen molar-refractivity contribution in [3.8, 4) is 22.3 Å². The maximum absolute atomic E-state index is 4.93. The van der Waals surface area contributed by atoms with E-state index in [1.807, 2.05) is 0 Å². The Balaban J connectivity index is 0.000000181. The third-order valence-electron chi connectivity index (χ3n) is 15.3. The number of rotatable bonds is 10. The third-order valence-corrected chi connectivity index (χ3v) is 15.3. The number of benzene rings is 6. The van der Waals surface area contributed by atoms with Crippen molar-refractivity contribution in [3.05, 3.63) is 157 Å². The molecule has 8 aromatic carbocycles. The molecule has 0 atom stereocenters. The fraction of sp³-hybridized carbons (Fsp3) is 0.406. The van der Waals surface area contributed by atoms with Crippen LogP contribution in [-0.4, -0.2) is 9.52 Å². The van der Waals surface area contributed by atoms with Gasteiger partial charge in [-0.15, -0.1) is 69.1 Å². The first kappa shape index (κ1) is 52.6. The van der Waals surface area contributed by atoms with E-state index in [4.69, 9.17) is 17.0 Å². The zero-order valence-corrected chi connectivity index (χ0v) is 46.7. The summed E-state index contributed by atoms with van der Waals surface area (Å²) in [6.07, 6.45) is 27.8. The Morgan fingerprint density at radius 1 is 0.456 bits per heavy atom. The van der Waals surface area contributed by atoms with Gasteiger partial charge in [0, 0.05) is 9.52 Å². The van der Waals surface area contributed by atoms with Gasteiger partial charge in [-0.2, -0.15) is 12.1 Å². The second-order valence-electron chi connectivity index (χ2n) is 20.4. The molecule has 68 heavy (non-hydrogen) atoms. The summed E-state index contributed by atoms with van der Waals surface area (Å²) in [5.74, 6) is 0. The van der Waals surface area contributed by atoms with Crippen molar-refractivity contribution in [2.45, 2.75) is 155 Å². The Hall–Kier alpha value is -3.26. The molecule has 4 heteroatoms. The molecule has 0 unspecified atom stereocenters. The molecule has 2 saturated carbocycles. The van der Waals surface area contributed by atoms with Gasteiger partial charge in [-0.3, -0.25) is 0 Å². The fourth-order valence-corrected chi connectivity index (χ4v) is 12.3. The number of hydrogen-bond acceptors (Lipinski definition) is 0. The van der Waals surface area contributed by atoms with Crippen molar-refractivity contribution in [1.29, 1.82) is 0 Å². The Kier molecular flexibility index (Phi) is 20.7. The molecule has 2 aliphatic carbocycles. The van der Waals surface area contributed by atoms with E-state index in [0.717, 1.165) is 9.52 Å². The van der Waals surface area contributed by atoms with Crippen LogP contribution in [0.2, 0.25) is 13.1 Å². The predicted molar refractivity (Wildman–Crippen MR) is 301 cm³/mol. The second-order valence-corrected chi connectivity index (χ2v) is 25.2. The van der Waals surface area contributed by atoms with Crippen LogP contribution in [-0.2, 0) is 33.7 Å². The van der Waals surface area contributed by atoms with Crippen molar-refractivity contribution in [2.75, 3.05) is 0 Å². The van der Waals surface area contributed by atoms with Gasteiger partial charge < -0.3 is 0 Å². The normalized spacial score (nSPS) is 15.9. The molecule has 354 valence electrons. The Bertz CT molecular complexity index is 2550. The van der Waals surface area contributed by atoms with Crippen LogP contribution >= 0.6 is 17.0 Å². The van der Waals surface area contributed by atoms with E-state index < -0.39 is 20.8 Å². The van der Waals surface area contributed by atoms with Crippen molar-refractivity contribution < 1.29 is 20.8 Å². The van der Waals surface area contributed by atoms with Crippen LogP contribution in [0, 0.1) is 10.8 Å². The first-order valence-corrected chi connectivity index (χ1v) is 34.6. The number of fused-ring (bicyclic) bond motifs is 4. The molecule has 2 radical (unpaired) electrons. The molecular weight excluding hydrogens is 959 g/mol. The summed E-state index contributed by atoms with van der Waals surface area (Å²) in [6.45, 7) is 9.06. The summed E-state index contributed by atoms with van der Waals surface area (Å²) < 4.78 is 0. The molecule has 2 fully saturated rings. The monoisotopic (exact) mass is 1030 g/mol. The van der Waals surface area contributed by atoms with E-state index >= 15 is 0 Å². The summed E-state index contributed by atoms with van der Waals surface area (Å²) in [6, 6.07) is 54.8. The summed E-state index contributed by atoms with van der Waals surface area (Å²) >= 11 is -0.826. The Morgan fingerprint density at radius 3 is 1.18 bits per heavy atom. The van der Waals surface area contributed by atoms with Gasteiger partial charge in [0.15, 0.2) is 0 Å². The van der Waals surface area contributed by atoms with E-state index in [-0.39, 0.29) is 0 Å². The van der Waals surface area contributed by atoms with E-state index in [0.29, 0.717) is 10.8 Å². The van der Waals surface area contributed by atoms with Crippen LogP contribution in [0.3, 0.4) is 0 Å². The molecular formula is C64H76Cl2SiZr. The zero-order chi connectivity index (χ0) is 47.6. The summed E-state index contributed by atoms with van der Waals surface area (Å²) in [4.78, 5) is 0. The summed E-state index contributed by atoms with van der Waals surface area (Å²) in [7, 11) is 11.0. The van der Waals surface area contributed by atoms with Crippen molar-refractivity contribution in [3.63, 3.8) is 0 Å². The molecule has 8 aromatic rings. The minimum absolute atomic E-state index is 0.517. The van der Waals surface area contributed by atoms with Crippen LogP contribution in [0.25, 0.3) is 65.3 Å². The van der Waals surface area contributed by atoms with E-state index in [9.17, 15) is 0 Å². The van der Waals surface area contributed by atoms with Crippen LogP contribution < -0.4 is 0 Å². The maximum atomic E-state index is 4.93. The summed E-state index contributed by atoms with van der Waals surface area (Å²) in [5, 5.41) is 10.9. The topological polar surface area (TPSA) is 0 Å². The van der Waals surface area contributed by atoms with Crippen molar-refractivity contribution in [1.82, 2.24) is 0 Å². The molecule has 0 nitrogen and oxygen atoms in total. The first-order chi connectivity index (χ1) is 33.4. The zero-order valence-electron chi connectivity index (χ0n) is 41.8. The van der Waals surface area contributed by atoms with Crippen LogP contribution in [0.15, 0.2) is 146 Å². The van der Waals surface area contributed by atoms with Gasteiger partial charge in [-0.1, -0.05) is 200 Å². The third kappa shape index (κ3) is 14.0. The van der Waals surface area contributed by atoms with E-state index in [1.54, 1.807) is 11.1 Å². The quantitative estimate of drug-likeness (QED) is 0.0946. The average Bonchev–Trinajstić information content (AvgIpc) is 3.95. The average molecular weight is 1040 g/mol. The number of hydrogen-bond donors (Lipinski definition) is 0. The van der Waals surface area contributed by atoms with Crippen molar-refractivity contribution >= 4 is 69.6 Å². The van der Waals surface area contributed by atoms with Crippen molar-refractivity contribution in [2.24, 2.45) is 10.8 Å². The van der Waals surface area contributed by atoms with E-state index in [1.165, 1.54) is 194 Å². The molecule has 0 N–H and O–H groups in total. The van der Waals surface area contributed by atoms with Gasteiger partial charge in [-0.25, -0.2) is 0 Å². The molecule has 2 aliphatic rings. The van der Waals surface area contributed by atoms with Gasteiger partial charge in [0.2, 0.25) is 0 Å². The van der Waals surface area contributed by atoms with Crippen LogP contribution in [0.5, 0.6) is 0 Å². The van der Waals surface area contributed by atoms with Crippen LogP contribution in [0.1, 0.15) is 141 Å². The van der Waals surface area contributed by atoms with Crippen LogP contribution in [0.4, 0.5) is 0 Å². The Morgan fingerprint density at radius 2 is 0.809 bits per heavy atom.